The summed E-state index contributed by atoms with van der Waals surface area (Å²) in [6.45, 7) is 10.4. The molecule has 17 nitrogen and oxygen atoms in total. The summed E-state index contributed by atoms with van der Waals surface area (Å²) in [5.41, 5.74) is -1.81. The lowest BCUT2D eigenvalue weighted by Gasteiger charge is -2.47. The molecular weight excluding hydrogens is 806 g/mol. The van der Waals surface area contributed by atoms with Gasteiger partial charge in [0, 0.05) is 23.8 Å². The van der Waals surface area contributed by atoms with Crippen molar-refractivity contribution in [2.45, 2.75) is 127 Å². The number of nitrogens with one attached hydrogen (secondary N) is 1. The van der Waals surface area contributed by atoms with E-state index in [0.717, 1.165) is 12.5 Å². The predicted molar refractivity (Wildman–Crippen MR) is 202 cm³/mol. The average molecular weight is 858 g/mol. The van der Waals surface area contributed by atoms with Crippen LogP contribution in [0, 0.1) is 17.1 Å². The molecule has 2 aromatic heterocycles. The Morgan fingerprint density at radius 3 is 2.39 bits per heavy atom. The standard InChI is InChI=1S/C31H51FN4O13P2SSi2/c1-18(2)53(41,19(3)4)49-54(20(5)6,21(7)8)48-27-24(15-37)45-31(36-14-22(32)26-29(36)34-17-35-30(26)38)28(27)47-51(52,43-12-9-11-33)44-16-25-23(10-13-42-25)46-50(39)40/h14,17-21,23-25,27-28,31,37,41H,9-10,12-13,15-16H2,1-8H3,(H-,34,35,38,39,40)/p+1/t23?,24-,25?,27-,28-,31-,51?/m1/s1. The maximum Gasteiger partial charge on any atom is 0.695 e. The SMILES string of the molecule is CC(C)[Si](O)(O[Si](O[C@H]1[C@@H](OP(=S)(OCCC#N)OCC2OCCC2O[P+](=O)O)[C@H](n2cc(F)c3c(=O)[nH]cnc32)O[C@@H]1CO)(C(C)C)C(C)C)C(C)C. The van der Waals surface area contributed by atoms with E-state index >= 15 is 4.39 Å². The number of H-pyrrole nitrogens is 1. The number of hydrogen-bond acceptors (Lipinski definition) is 15. The van der Waals surface area contributed by atoms with Crippen LogP contribution >= 0.6 is 15.0 Å². The summed E-state index contributed by atoms with van der Waals surface area (Å²) in [4.78, 5) is 40.8. The van der Waals surface area contributed by atoms with Crippen LogP contribution in [0.5, 0.6) is 0 Å². The van der Waals surface area contributed by atoms with Gasteiger partial charge in [-0.3, -0.25) is 9.32 Å². The van der Waals surface area contributed by atoms with Gasteiger partial charge in [0.1, 0.15) is 35.9 Å². The van der Waals surface area contributed by atoms with Gasteiger partial charge in [-0.25, -0.2) is 9.37 Å². The van der Waals surface area contributed by atoms with Gasteiger partial charge in [0.25, 0.3) is 5.56 Å². The van der Waals surface area contributed by atoms with Crippen LogP contribution in [0.1, 0.15) is 74.5 Å². The van der Waals surface area contributed by atoms with E-state index in [2.05, 4.69) is 9.97 Å². The Balaban J connectivity index is 1.86. The van der Waals surface area contributed by atoms with Crippen molar-refractivity contribution < 1.29 is 59.9 Å². The molecule has 2 fully saturated rings. The highest BCUT2D eigenvalue weighted by Gasteiger charge is 2.60. The highest BCUT2D eigenvalue weighted by Crippen LogP contribution is 2.56. The monoisotopic (exact) mass is 857 g/mol. The van der Waals surface area contributed by atoms with E-state index < -0.39 is 86.8 Å². The molecule has 4 heterocycles. The highest BCUT2D eigenvalue weighted by molar-refractivity contribution is 8.07. The van der Waals surface area contributed by atoms with Crippen molar-refractivity contribution >= 4 is 54.9 Å². The lowest BCUT2D eigenvalue weighted by molar-refractivity contribution is -0.0516. The molecule has 54 heavy (non-hydrogen) atoms. The largest absolute Gasteiger partial charge is 0.695 e. The number of aromatic amines is 1. The Bertz CT molecular complexity index is 1730. The topological polar surface area (TPSA) is 226 Å². The van der Waals surface area contributed by atoms with Crippen LogP contribution in [0.2, 0.25) is 22.2 Å². The molecule has 4 rings (SSSR count). The van der Waals surface area contributed by atoms with E-state index in [1.54, 1.807) is 0 Å². The molecule has 0 aromatic carbocycles. The predicted octanol–water partition coefficient (Wildman–Crippen LogP) is 5.05. The van der Waals surface area contributed by atoms with Crippen LogP contribution in [-0.2, 0) is 52.5 Å². The molecule has 8 atom stereocenters. The molecule has 2 aromatic rings. The number of nitriles is 1. The van der Waals surface area contributed by atoms with Crippen LogP contribution in [0.4, 0.5) is 4.39 Å². The molecule has 23 heteroatoms. The second kappa shape index (κ2) is 18.9. The lowest BCUT2D eigenvalue weighted by Crippen LogP contribution is -2.62. The summed E-state index contributed by atoms with van der Waals surface area (Å²) < 4.78 is 78.2. The van der Waals surface area contributed by atoms with E-state index in [1.807, 2.05) is 61.5 Å². The summed E-state index contributed by atoms with van der Waals surface area (Å²) in [6, 6.07) is 1.97. The lowest BCUT2D eigenvalue weighted by atomic mass is 10.1. The molecule has 0 radical (unpaired) electrons. The van der Waals surface area contributed by atoms with Gasteiger partial charge in [-0.05, 0) is 34.0 Å². The van der Waals surface area contributed by atoms with Gasteiger partial charge in [-0.15, -0.1) is 9.42 Å². The van der Waals surface area contributed by atoms with Crippen molar-refractivity contribution in [3.63, 3.8) is 0 Å². The smallest absolute Gasteiger partial charge is 0.414 e. The minimum Gasteiger partial charge on any atom is -0.414 e. The van der Waals surface area contributed by atoms with Crippen LogP contribution in [0.15, 0.2) is 17.3 Å². The van der Waals surface area contributed by atoms with Crippen molar-refractivity contribution in [3.05, 3.63) is 28.7 Å². The molecule has 2 saturated heterocycles. The fraction of sp³-hybridized carbons (Fsp3) is 0.774. The fourth-order valence-corrected chi connectivity index (χ4v) is 19.3. The minimum absolute atomic E-state index is 0.0934. The molecule has 0 saturated carbocycles. The first kappa shape index (κ1) is 45.3. The van der Waals surface area contributed by atoms with Gasteiger partial charge in [0.15, 0.2) is 17.7 Å². The molecule has 2 aliphatic rings. The van der Waals surface area contributed by atoms with E-state index in [9.17, 15) is 29.4 Å². The Morgan fingerprint density at radius 1 is 1.15 bits per heavy atom. The number of aliphatic hydroxyl groups is 1. The van der Waals surface area contributed by atoms with Crippen molar-refractivity contribution in [3.8, 4) is 6.07 Å². The number of nitrogens with zero attached hydrogens (tertiary/aromatic N) is 3. The van der Waals surface area contributed by atoms with Crippen molar-refractivity contribution in [1.82, 2.24) is 14.5 Å². The molecule has 304 valence electrons. The maximum atomic E-state index is 15.5. The number of aliphatic hydroxyl groups excluding tert-OH is 1. The molecule has 2 aliphatic heterocycles. The minimum atomic E-state index is -3.98. The second-order valence-corrected chi connectivity index (χ2v) is 26.7. The number of ether oxygens (including phenoxy) is 2. The van der Waals surface area contributed by atoms with Crippen LogP contribution in [-0.4, -0.2) is 103 Å². The van der Waals surface area contributed by atoms with Crippen LogP contribution in [0.25, 0.3) is 11.0 Å². The van der Waals surface area contributed by atoms with E-state index in [-0.39, 0.29) is 59.4 Å². The first-order chi connectivity index (χ1) is 25.3. The molecule has 0 spiro atoms. The van der Waals surface area contributed by atoms with Gasteiger partial charge in [-0.1, -0.05) is 55.4 Å². The van der Waals surface area contributed by atoms with Gasteiger partial charge >= 0.3 is 32.1 Å². The quantitative estimate of drug-likeness (QED) is 0.0776. The third kappa shape index (κ3) is 9.81. The Hall–Kier alpha value is -1.42. The summed E-state index contributed by atoms with van der Waals surface area (Å²) in [7, 11) is -10.0. The van der Waals surface area contributed by atoms with Crippen molar-refractivity contribution in [2.75, 3.05) is 26.4 Å². The Morgan fingerprint density at radius 2 is 1.81 bits per heavy atom. The normalized spacial score (nSPS) is 25.4. The average Bonchev–Trinajstić information content (AvgIpc) is 3.78. The number of hydrogen-bond donors (Lipinski definition) is 4. The maximum absolute atomic E-state index is 15.5. The summed E-state index contributed by atoms with van der Waals surface area (Å²) in [6.07, 6.45) is -4.38. The second-order valence-electron chi connectivity index (χ2n) is 14.5. The third-order valence-electron chi connectivity index (χ3n) is 9.70. The van der Waals surface area contributed by atoms with E-state index in [0.29, 0.717) is 6.42 Å². The third-order valence-corrected chi connectivity index (χ3v) is 22.3. The van der Waals surface area contributed by atoms with Crippen molar-refractivity contribution in [2.24, 2.45) is 0 Å². The first-order valence-corrected chi connectivity index (χ1v) is 25.5. The number of rotatable bonds is 20. The highest BCUT2D eigenvalue weighted by atomic mass is 32.5. The van der Waals surface area contributed by atoms with Gasteiger partial charge in [0.2, 0.25) is 0 Å². The molecule has 0 aliphatic carbocycles. The van der Waals surface area contributed by atoms with Crippen molar-refractivity contribution in [1.29, 1.82) is 5.26 Å². The van der Waals surface area contributed by atoms with E-state index in [1.165, 1.54) is 4.57 Å². The van der Waals surface area contributed by atoms with Crippen LogP contribution < -0.4 is 5.56 Å². The zero-order chi connectivity index (χ0) is 40.2. The van der Waals surface area contributed by atoms with E-state index in [4.69, 9.17) is 47.9 Å². The first-order valence-electron chi connectivity index (χ1n) is 17.8. The summed E-state index contributed by atoms with van der Waals surface area (Å²) in [5.74, 6) is -0.902. The Labute approximate surface area is 322 Å². The molecule has 4 unspecified atom stereocenters. The molecule has 0 amide bonds. The summed E-state index contributed by atoms with van der Waals surface area (Å²) in [5, 5.41) is 19.8. The molecular formula is C31H52FN4O13P2SSi2+. The van der Waals surface area contributed by atoms with Crippen LogP contribution in [0.3, 0.4) is 0 Å². The van der Waals surface area contributed by atoms with Gasteiger partial charge < -0.3 is 46.5 Å². The zero-order valence-electron chi connectivity index (χ0n) is 31.6. The van der Waals surface area contributed by atoms with Gasteiger partial charge in [0.05, 0.1) is 38.6 Å². The number of aromatic nitrogens is 3. The molecule has 0 bridgehead atoms. The zero-order valence-corrected chi connectivity index (χ0v) is 36.2. The Kier molecular flexibility index (Phi) is 15.8. The van der Waals surface area contributed by atoms with Gasteiger partial charge in [-0.2, -0.15) is 5.26 Å². The summed E-state index contributed by atoms with van der Waals surface area (Å²) >= 11 is 5.92. The number of halogens is 1. The fourth-order valence-electron chi connectivity index (χ4n) is 6.78. The molecule has 4 N–H and O–H groups in total. The number of fused-ring (bicyclic) bond motifs is 1.